The number of pyridine rings is 1. The molecule has 0 aliphatic heterocycles. The molecule has 3 heterocycles. The van der Waals surface area contributed by atoms with Gasteiger partial charge in [-0.05, 0) is 42.0 Å². The van der Waals surface area contributed by atoms with E-state index in [0.717, 1.165) is 22.0 Å². The van der Waals surface area contributed by atoms with Crippen LogP contribution in [-0.2, 0) is 0 Å². The summed E-state index contributed by atoms with van der Waals surface area (Å²) in [6, 6.07) is 12.7. The summed E-state index contributed by atoms with van der Waals surface area (Å²) in [7, 11) is 0. The average molecular weight is 432 g/mol. The molecule has 0 saturated heterocycles. The van der Waals surface area contributed by atoms with Gasteiger partial charge in [-0.25, -0.2) is 23.7 Å². The first-order valence-corrected chi connectivity index (χ1v) is 10.6. The van der Waals surface area contributed by atoms with Gasteiger partial charge in [0.2, 0.25) is 0 Å². The summed E-state index contributed by atoms with van der Waals surface area (Å²) >= 11 is 1.46. The molecular formula is C24H18F2N4S. The molecule has 2 aromatic carbocycles. The highest BCUT2D eigenvalue weighted by molar-refractivity contribution is 7.13. The Kier molecular flexibility index (Phi) is 6.04. The summed E-state index contributed by atoms with van der Waals surface area (Å²) in [5.41, 5.74) is 3.09. The standard InChI is InChI=1S/C22H12F2N4S.C2H6/c23-15-4-5-16(18(24)11-15)13-3-6-19-17(10-13)20(22-26-8-9-29-22)28-21(27-19)14-2-1-7-25-12-14;1-2/h1-12H;1-2H3. The first-order chi connectivity index (χ1) is 15.2. The van der Waals surface area contributed by atoms with Gasteiger partial charge < -0.3 is 0 Å². The van der Waals surface area contributed by atoms with Crippen molar-refractivity contribution in [1.82, 2.24) is 19.9 Å². The van der Waals surface area contributed by atoms with Crippen LogP contribution in [-0.4, -0.2) is 19.9 Å². The van der Waals surface area contributed by atoms with Crippen molar-refractivity contribution >= 4 is 22.2 Å². The van der Waals surface area contributed by atoms with Gasteiger partial charge in [-0.3, -0.25) is 4.98 Å². The molecule has 0 amide bonds. The number of nitrogens with zero attached hydrogens (tertiary/aromatic N) is 4. The fraction of sp³-hybridized carbons (Fsp3) is 0.0833. The molecule has 154 valence electrons. The van der Waals surface area contributed by atoms with Crippen LogP contribution in [0.15, 0.2) is 72.5 Å². The van der Waals surface area contributed by atoms with E-state index in [1.807, 2.05) is 43.5 Å². The predicted molar refractivity (Wildman–Crippen MR) is 121 cm³/mol. The van der Waals surface area contributed by atoms with E-state index in [1.165, 1.54) is 23.5 Å². The maximum absolute atomic E-state index is 14.3. The van der Waals surface area contributed by atoms with E-state index < -0.39 is 11.6 Å². The molecule has 0 unspecified atom stereocenters. The van der Waals surface area contributed by atoms with Crippen LogP contribution >= 0.6 is 11.3 Å². The Morgan fingerprint density at radius 2 is 1.74 bits per heavy atom. The van der Waals surface area contributed by atoms with Crippen LogP contribution in [0, 0.1) is 11.6 Å². The van der Waals surface area contributed by atoms with Crippen molar-refractivity contribution in [3.63, 3.8) is 0 Å². The zero-order valence-electron chi connectivity index (χ0n) is 16.9. The number of thiazole rings is 1. The number of fused-ring (bicyclic) bond motifs is 1. The highest BCUT2D eigenvalue weighted by Crippen LogP contribution is 2.33. The lowest BCUT2D eigenvalue weighted by Crippen LogP contribution is -1.96. The molecule has 0 aliphatic carbocycles. The van der Waals surface area contributed by atoms with Crippen molar-refractivity contribution in [2.24, 2.45) is 0 Å². The van der Waals surface area contributed by atoms with E-state index in [2.05, 4.69) is 15.0 Å². The first kappa shape index (κ1) is 20.7. The molecule has 0 aliphatic rings. The molecule has 5 aromatic rings. The van der Waals surface area contributed by atoms with E-state index in [-0.39, 0.29) is 0 Å². The van der Waals surface area contributed by atoms with Gasteiger partial charge in [-0.15, -0.1) is 11.3 Å². The highest BCUT2D eigenvalue weighted by atomic mass is 32.1. The summed E-state index contributed by atoms with van der Waals surface area (Å²) in [6.07, 6.45) is 5.10. The van der Waals surface area contributed by atoms with E-state index in [9.17, 15) is 8.78 Å². The SMILES string of the molecule is CC.Fc1ccc(-c2ccc3nc(-c4cccnc4)nc(-c4nccs4)c3c2)c(F)c1. The third-order valence-corrected chi connectivity index (χ3v) is 5.27. The van der Waals surface area contributed by atoms with E-state index in [1.54, 1.807) is 24.7 Å². The lowest BCUT2D eigenvalue weighted by molar-refractivity contribution is 0.585. The monoisotopic (exact) mass is 432 g/mol. The van der Waals surface area contributed by atoms with Crippen LogP contribution in [0.25, 0.3) is 44.1 Å². The number of benzene rings is 2. The van der Waals surface area contributed by atoms with Gasteiger partial charge in [0.1, 0.15) is 22.3 Å². The molecule has 31 heavy (non-hydrogen) atoms. The Morgan fingerprint density at radius 3 is 2.45 bits per heavy atom. The maximum atomic E-state index is 14.3. The minimum atomic E-state index is -0.618. The lowest BCUT2D eigenvalue weighted by Gasteiger charge is -2.10. The Balaban J connectivity index is 0.00000112. The van der Waals surface area contributed by atoms with Gasteiger partial charge >= 0.3 is 0 Å². The third-order valence-electron chi connectivity index (χ3n) is 4.49. The fourth-order valence-corrected chi connectivity index (χ4v) is 3.79. The minimum Gasteiger partial charge on any atom is -0.264 e. The quantitative estimate of drug-likeness (QED) is 0.315. The van der Waals surface area contributed by atoms with Gasteiger partial charge in [-0.1, -0.05) is 19.9 Å². The summed E-state index contributed by atoms with van der Waals surface area (Å²) < 4.78 is 27.6. The van der Waals surface area contributed by atoms with E-state index >= 15 is 0 Å². The van der Waals surface area contributed by atoms with Gasteiger partial charge in [0.25, 0.3) is 0 Å². The Hall–Kier alpha value is -3.58. The molecule has 0 saturated carbocycles. The molecule has 0 N–H and O–H groups in total. The second-order valence-electron chi connectivity index (χ2n) is 6.33. The maximum Gasteiger partial charge on any atom is 0.162 e. The van der Waals surface area contributed by atoms with Crippen LogP contribution in [0.3, 0.4) is 0 Å². The minimum absolute atomic E-state index is 0.315. The normalized spacial score (nSPS) is 10.6. The summed E-state index contributed by atoms with van der Waals surface area (Å²) in [6.45, 7) is 4.00. The zero-order chi connectivity index (χ0) is 21.8. The second-order valence-corrected chi connectivity index (χ2v) is 7.23. The number of hydrogen-bond acceptors (Lipinski definition) is 5. The number of halogens is 2. The third kappa shape index (κ3) is 4.18. The van der Waals surface area contributed by atoms with Gasteiger partial charge in [0, 0.05) is 46.6 Å². The van der Waals surface area contributed by atoms with Crippen molar-refractivity contribution < 1.29 is 8.78 Å². The van der Waals surface area contributed by atoms with E-state index in [4.69, 9.17) is 4.98 Å². The van der Waals surface area contributed by atoms with Crippen molar-refractivity contribution in [2.45, 2.75) is 13.8 Å². The Bertz CT molecular complexity index is 1320. The zero-order valence-corrected chi connectivity index (χ0v) is 17.7. The van der Waals surface area contributed by atoms with Crippen molar-refractivity contribution in [3.8, 4) is 33.2 Å². The Morgan fingerprint density at radius 1 is 0.871 bits per heavy atom. The topological polar surface area (TPSA) is 51.6 Å². The molecule has 0 fully saturated rings. The van der Waals surface area contributed by atoms with Crippen molar-refractivity contribution in [1.29, 1.82) is 0 Å². The van der Waals surface area contributed by atoms with Gasteiger partial charge in [0.15, 0.2) is 5.82 Å². The summed E-state index contributed by atoms with van der Waals surface area (Å²) in [5.74, 6) is -0.690. The smallest absolute Gasteiger partial charge is 0.162 e. The first-order valence-electron chi connectivity index (χ1n) is 9.76. The summed E-state index contributed by atoms with van der Waals surface area (Å²) in [4.78, 5) is 17.9. The van der Waals surface area contributed by atoms with Crippen molar-refractivity contribution in [2.75, 3.05) is 0 Å². The molecule has 5 rings (SSSR count). The molecule has 4 nitrogen and oxygen atoms in total. The largest absolute Gasteiger partial charge is 0.264 e. The molecule has 0 spiro atoms. The fourth-order valence-electron chi connectivity index (χ4n) is 3.15. The lowest BCUT2D eigenvalue weighted by atomic mass is 10.0. The van der Waals surface area contributed by atoms with Crippen LogP contribution in [0.1, 0.15) is 13.8 Å². The number of hydrogen-bond donors (Lipinski definition) is 0. The molecule has 0 bridgehead atoms. The van der Waals surface area contributed by atoms with Crippen LogP contribution in [0.5, 0.6) is 0 Å². The highest BCUT2D eigenvalue weighted by Gasteiger charge is 2.15. The number of rotatable bonds is 3. The van der Waals surface area contributed by atoms with Gasteiger partial charge in [-0.2, -0.15) is 0 Å². The summed E-state index contributed by atoms with van der Waals surface area (Å²) in [5, 5.41) is 3.35. The second kappa shape index (κ2) is 9.06. The molecule has 7 heteroatoms. The van der Waals surface area contributed by atoms with Crippen LogP contribution < -0.4 is 0 Å². The molecule has 0 atom stereocenters. The Labute approximate surface area is 182 Å². The molecular weight excluding hydrogens is 414 g/mol. The van der Waals surface area contributed by atoms with Crippen LogP contribution in [0.2, 0.25) is 0 Å². The van der Waals surface area contributed by atoms with E-state index in [0.29, 0.717) is 28.2 Å². The average Bonchev–Trinajstić information content (AvgIpc) is 3.35. The predicted octanol–water partition coefficient (Wildman–Crippen LogP) is 6.79. The van der Waals surface area contributed by atoms with Crippen LogP contribution in [0.4, 0.5) is 8.78 Å². The molecule has 0 radical (unpaired) electrons. The van der Waals surface area contributed by atoms with Crippen molar-refractivity contribution in [3.05, 3.63) is 84.1 Å². The number of aromatic nitrogens is 4. The van der Waals surface area contributed by atoms with Gasteiger partial charge in [0.05, 0.1) is 5.52 Å². The molecule has 3 aromatic heterocycles.